The molecule has 5 rings (SSSR count). The molecule has 0 atom stereocenters. The van der Waals surface area contributed by atoms with Crippen molar-refractivity contribution in [3.8, 4) is 0 Å². The van der Waals surface area contributed by atoms with Crippen LogP contribution in [0.25, 0.3) is 10.2 Å². The van der Waals surface area contributed by atoms with Gasteiger partial charge in [-0.2, -0.15) is 0 Å². The Hall–Kier alpha value is -2.72. The number of hydrogen-bond donors (Lipinski definition) is 1. The fraction of sp³-hybridized carbons (Fsp3) is 0.250. The van der Waals surface area contributed by atoms with Crippen LogP contribution in [0.1, 0.15) is 39.4 Å². The molecule has 0 unspecified atom stereocenters. The summed E-state index contributed by atoms with van der Waals surface area (Å²) in [5.41, 5.74) is 6.31. The van der Waals surface area contributed by atoms with Crippen LogP contribution >= 0.6 is 11.3 Å². The lowest BCUT2D eigenvalue weighted by atomic mass is 10.1. The molecule has 2 aromatic carbocycles. The van der Waals surface area contributed by atoms with Gasteiger partial charge in [0.15, 0.2) is 0 Å². The number of nitrogens with zero attached hydrogens (tertiary/aromatic N) is 2. The molecule has 0 aliphatic heterocycles. The average molecular weight is 386 g/mol. The summed E-state index contributed by atoms with van der Waals surface area (Å²) in [4.78, 5) is 12.5. The molecule has 1 N–H and O–H groups in total. The summed E-state index contributed by atoms with van der Waals surface area (Å²) in [5, 5.41) is 4.86. The molecular formula is C24H23N3S. The lowest BCUT2D eigenvalue weighted by Crippen LogP contribution is -2.03. The third-order valence-corrected chi connectivity index (χ3v) is 6.49. The molecule has 140 valence electrons. The normalized spacial score (nSPS) is 13.1. The molecule has 28 heavy (non-hydrogen) atoms. The molecule has 0 spiro atoms. The van der Waals surface area contributed by atoms with Crippen LogP contribution in [-0.4, -0.2) is 9.97 Å². The highest BCUT2D eigenvalue weighted by Gasteiger charge is 2.22. The van der Waals surface area contributed by atoms with Gasteiger partial charge in [-0.1, -0.05) is 36.4 Å². The van der Waals surface area contributed by atoms with Gasteiger partial charge in [-0.3, -0.25) is 0 Å². The Kier molecular flexibility index (Phi) is 4.36. The number of aromatic nitrogens is 2. The van der Waals surface area contributed by atoms with Gasteiger partial charge >= 0.3 is 0 Å². The zero-order valence-corrected chi connectivity index (χ0v) is 17.1. The van der Waals surface area contributed by atoms with Gasteiger partial charge in [0.25, 0.3) is 0 Å². The molecule has 0 saturated heterocycles. The molecule has 0 fully saturated rings. The minimum atomic E-state index is 0.751. The lowest BCUT2D eigenvalue weighted by Gasteiger charge is -2.12. The first-order valence-electron chi connectivity index (χ1n) is 9.86. The molecule has 3 nitrogen and oxygen atoms in total. The van der Waals surface area contributed by atoms with Gasteiger partial charge in [0.1, 0.15) is 16.5 Å². The Morgan fingerprint density at radius 2 is 1.75 bits per heavy atom. The van der Waals surface area contributed by atoms with Gasteiger partial charge < -0.3 is 5.32 Å². The Balaban J connectivity index is 1.62. The Bertz CT molecular complexity index is 1140. The summed E-state index contributed by atoms with van der Waals surface area (Å²) in [6.45, 7) is 4.27. The van der Waals surface area contributed by atoms with Gasteiger partial charge in [0.05, 0.1) is 5.39 Å². The highest BCUT2D eigenvalue weighted by atomic mass is 32.1. The van der Waals surface area contributed by atoms with E-state index in [9.17, 15) is 0 Å². The van der Waals surface area contributed by atoms with Crippen molar-refractivity contribution in [1.82, 2.24) is 9.97 Å². The van der Waals surface area contributed by atoms with E-state index < -0.39 is 0 Å². The van der Waals surface area contributed by atoms with Gasteiger partial charge in [-0.15, -0.1) is 11.3 Å². The van der Waals surface area contributed by atoms with Crippen LogP contribution in [0.4, 0.5) is 11.5 Å². The second kappa shape index (κ2) is 7.02. The van der Waals surface area contributed by atoms with E-state index in [1.54, 1.807) is 0 Å². The zero-order chi connectivity index (χ0) is 19.1. The molecule has 4 heteroatoms. The van der Waals surface area contributed by atoms with Crippen molar-refractivity contribution in [2.45, 2.75) is 39.5 Å². The maximum absolute atomic E-state index is 4.98. The smallest absolute Gasteiger partial charge is 0.143 e. The Labute approximate surface area is 169 Å². The van der Waals surface area contributed by atoms with Crippen LogP contribution in [0, 0.1) is 13.8 Å². The second-order valence-electron chi connectivity index (χ2n) is 7.69. The molecule has 4 aromatic rings. The summed E-state index contributed by atoms with van der Waals surface area (Å²) in [7, 11) is 0. The van der Waals surface area contributed by atoms with E-state index in [0.717, 1.165) is 35.0 Å². The summed E-state index contributed by atoms with van der Waals surface area (Å²) in [6.07, 6.45) is 4.30. The van der Waals surface area contributed by atoms with E-state index in [1.165, 1.54) is 45.4 Å². The van der Waals surface area contributed by atoms with Crippen molar-refractivity contribution in [1.29, 1.82) is 0 Å². The summed E-state index contributed by atoms with van der Waals surface area (Å²) in [5.74, 6) is 1.84. The maximum atomic E-state index is 4.98. The zero-order valence-electron chi connectivity index (χ0n) is 16.2. The first-order valence-corrected chi connectivity index (χ1v) is 10.7. The minimum absolute atomic E-state index is 0.751. The molecule has 2 aromatic heterocycles. The molecule has 1 aliphatic carbocycles. The minimum Gasteiger partial charge on any atom is -0.340 e. The van der Waals surface area contributed by atoms with Crippen LogP contribution in [-0.2, 0) is 19.3 Å². The third-order valence-electron chi connectivity index (χ3n) is 5.30. The summed E-state index contributed by atoms with van der Waals surface area (Å²) >= 11 is 1.85. The van der Waals surface area contributed by atoms with Gasteiger partial charge in [0, 0.05) is 17.0 Å². The molecule has 1 aliphatic rings. The number of benzene rings is 2. The molecule has 0 saturated carbocycles. The van der Waals surface area contributed by atoms with Crippen molar-refractivity contribution >= 4 is 33.1 Å². The van der Waals surface area contributed by atoms with Gasteiger partial charge in [0.2, 0.25) is 0 Å². The highest BCUT2D eigenvalue weighted by Crippen LogP contribution is 2.40. The molecular weight excluding hydrogens is 362 g/mol. The summed E-state index contributed by atoms with van der Waals surface area (Å²) in [6, 6.07) is 17.0. The first kappa shape index (κ1) is 17.4. The van der Waals surface area contributed by atoms with E-state index in [2.05, 4.69) is 61.6 Å². The number of thiophene rings is 1. The van der Waals surface area contributed by atoms with E-state index >= 15 is 0 Å². The largest absolute Gasteiger partial charge is 0.340 e. The fourth-order valence-corrected chi connectivity index (χ4v) is 5.45. The van der Waals surface area contributed by atoms with Crippen LogP contribution in [0.2, 0.25) is 0 Å². The Morgan fingerprint density at radius 1 is 0.964 bits per heavy atom. The van der Waals surface area contributed by atoms with Gasteiger partial charge in [-0.05, 0) is 67.5 Å². The summed E-state index contributed by atoms with van der Waals surface area (Å²) < 4.78 is 0. The lowest BCUT2D eigenvalue weighted by molar-refractivity contribution is 0.916. The number of aryl methyl sites for hydroxylation is 4. The standard InChI is InChI=1S/C24H23N3S/c1-15-11-16(2)13-18(12-15)25-23-22-19-9-6-10-20(19)28-24(22)27-21(26-23)14-17-7-4-3-5-8-17/h3-5,7-8,11-13H,6,9-10,14H2,1-2H3,(H,25,26,27). The monoisotopic (exact) mass is 385 g/mol. The van der Waals surface area contributed by atoms with Crippen molar-refractivity contribution in [3.05, 3.63) is 81.5 Å². The van der Waals surface area contributed by atoms with Crippen molar-refractivity contribution in [3.63, 3.8) is 0 Å². The number of fused-ring (bicyclic) bond motifs is 3. The average Bonchev–Trinajstić information content (AvgIpc) is 3.22. The quantitative estimate of drug-likeness (QED) is 0.459. The molecule has 0 amide bonds. The van der Waals surface area contributed by atoms with E-state index in [4.69, 9.17) is 9.97 Å². The molecule has 2 heterocycles. The highest BCUT2D eigenvalue weighted by molar-refractivity contribution is 7.19. The fourth-order valence-electron chi connectivity index (χ4n) is 4.17. The number of hydrogen-bond acceptors (Lipinski definition) is 4. The van der Waals surface area contributed by atoms with Crippen LogP contribution in [0.3, 0.4) is 0 Å². The van der Waals surface area contributed by atoms with Crippen LogP contribution in [0.15, 0.2) is 48.5 Å². The van der Waals surface area contributed by atoms with E-state index in [0.29, 0.717) is 0 Å². The molecule has 0 bridgehead atoms. The number of nitrogens with one attached hydrogen (secondary N) is 1. The number of anilines is 2. The third kappa shape index (κ3) is 3.29. The van der Waals surface area contributed by atoms with E-state index in [-0.39, 0.29) is 0 Å². The van der Waals surface area contributed by atoms with Crippen LogP contribution < -0.4 is 5.32 Å². The topological polar surface area (TPSA) is 37.8 Å². The van der Waals surface area contributed by atoms with Crippen LogP contribution in [0.5, 0.6) is 0 Å². The van der Waals surface area contributed by atoms with Gasteiger partial charge in [-0.25, -0.2) is 9.97 Å². The molecule has 0 radical (unpaired) electrons. The number of rotatable bonds is 4. The van der Waals surface area contributed by atoms with Crippen molar-refractivity contribution in [2.75, 3.05) is 5.32 Å². The SMILES string of the molecule is Cc1cc(C)cc(Nc2nc(Cc3ccccc3)nc3sc4c(c23)CCC4)c1. The van der Waals surface area contributed by atoms with E-state index in [1.807, 2.05) is 17.4 Å². The second-order valence-corrected chi connectivity index (χ2v) is 8.77. The van der Waals surface area contributed by atoms with Crippen molar-refractivity contribution in [2.24, 2.45) is 0 Å². The first-order chi connectivity index (χ1) is 13.7. The Morgan fingerprint density at radius 3 is 2.54 bits per heavy atom. The maximum Gasteiger partial charge on any atom is 0.143 e. The predicted molar refractivity (Wildman–Crippen MR) is 118 cm³/mol. The van der Waals surface area contributed by atoms with Crippen molar-refractivity contribution < 1.29 is 0 Å². The predicted octanol–water partition coefficient (Wildman–Crippen LogP) is 6.13.